The molecule has 0 radical (unpaired) electrons. The second-order valence-electron chi connectivity index (χ2n) is 7.88. The molecule has 2 aromatic rings. The molecule has 1 N–H and O–H groups in total. The minimum absolute atomic E-state index is 0.192. The van der Waals surface area contributed by atoms with Gasteiger partial charge in [0, 0.05) is 25.4 Å². The molecule has 1 aliphatic carbocycles. The van der Waals surface area contributed by atoms with Crippen LogP contribution in [-0.4, -0.2) is 28.9 Å². The van der Waals surface area contributed by atoms with Crippen LogP contribution in [0.4, 0.5) is 0 Å². The summed E-state index contributed by atoms with van der Waals surface area (Å²) < 4.78 is 0. The molecule has 1 saturated heterocycles. The van der Waals surface area contributed by atoms with Crippen LogP contribution in [0.15, 0.2) is 48.8 Å². The summed E-state index contributed by atoms with van der Waals surface area (Å²) in [7, 11) is 0. The molecule has 0 saturated carbocycles. The van der Waals surface area contributed by atoms with Gasteiger partial charge in [0.25, 0.3) is 0 Å². The van der Waals surface area contributed by atoms with E-state index in [0.717, 1.165) is 50.8 Å². The summed E-state index contributed by atoms with van der Waals surface area (Å²) >= 11 is 0. The van der Waals surface area contributed by atoms with Gasteiger partial charge < -0.3 is 10.2 Å². The SMILES string of the molecule is O=C(CC1CCNCC1)N(Cc1ccncc1)[C@H]1CCCc2ccccc21. The smallest absolute Gasteiger partial charge is 0.223 e. The number of fused-ring (bicyclic) bond motifs is 1. The molecule has 1 aromatic carbocycles. The maximum Gasteiger partial charge on any atom is 0.223 e. The average molecular weight is 364 g/mol. The third kappa shape index (κ3) is 4.38. The fraction of sp³-hybridized carbons (Fsp3) is 0.478. The molecular weight excluding hydrogens is 334 g/mol. The molecule has 1 amide bonds. The number of nitrogens with one attached hydrogen (secondary N) is 1. The summed E-state index contributed by atoms with van der Waals surface area (Å²) in [5.41, 5.74) is 3.91. The molecule has 4 rings (SSSR count). The fourth-order valence-corrected chi connectivity index (χ4v) is 4.56. The van der Waals surface area contributed by atoms with Gasteiger partial charge in [0.1, 0.15) is 0 Å². The van der Waals surface area contributed by atoms with Gasteiger partial charge in [-0.1, -0.05) is 24.3 Å². The van der Waals surface area contributed by atoms with Crippen LogP contribution in [0.25, 0.3) is 0 Å². The summed E-state index contributed by atoms with van der Waals surface area (Å²) in [6.07, 6.45) is 9.85. The van der Waals surface area contributed by atoms with Crippen LogP contribution >= 0.6 is 0 Å². The van der Waals surface area contributed by atoms with E-state index in [1.54, 1.807) is 0 Å². The van der Waals surface area contributed by atoms with Crippen LogP contribution in [0.5, 0.6) is 0 Å². The predicted octanol–water partition coefficient (Wildman–Crippen LogP) is 3.88. The van der Waals surface area contributed by atoms with Gasteiger partial charge >= 0.3 is 0 Å². The highest BCUT2D eigenvalue weighted by molar-refractivity contribution is 5.77. The lowest BCUT2D eigenvalue weighted by Gasteiger charge is -2.37. The van der Waals surface area contributed by atoms with Crippen LogP contribution in [0.1, 0.15) is 54.8 Å². The quantitative estimate of drug-likeness (QED) is 0.877. The first-order chi connectivity index (χ1) is 13.3. The monoisotopic (exact) mass is 363 g/mol. The average Bonchev–Trinajstić information content (AvgIpc) is 2.73. The molecule has 1 fully saturated rings. The normalized spacial score (nSPS) is 20.1. The first-order valence-electron chi connectivity index (χ1n) is 10.3. The molecular formula is C23H29N3O. The lowest BCUT2D eigenvalue weighted by atomic mass is 9.86. The second-order valence-corrected chi connectivity index (χ2v) is 7.88. The van der Waals surface area contributed by atoms with Crippen LogP contribution in [-0.2, 0) is 17.8 Å². The Bertz CT molecular complexity index is 755. The summed E-state index contributed by atoms with van der Waals surface area (Å²) in [6, 6.07) is 12.9. The van der Waals surface area contributed by atoms with Gasteiger partial charge in [-0.15, -0.1) is 0 Å². The number of piperidine rings is 1. The third-order valence-electron chi connectivity index (χ3n) is 6.06. The fourth-order valence-electron chi connectivity index (χ4n) is 4.56. The van der Waals surface area contributed by atoms with E-state index >= 15 is 0 Å². The van der Waals surface area contributed by atoms with Crippen molar-refractivity contribution in [3.05, 3.63) is 65.5 Å². The Morgan fingerprint density at radius 2 is 1.85 bits per heavy atom. The largest absolute Gasteiger partial charge is 0.331 e. The second kappa shape index (κ2) is 8.66. The number of carbonyl (C=O) groups excluding carboxylic acids is 1. The first-order valence-corrected chi connectivity index (χ1v) is 10.3. The van der Waals surface area contributed by atoms with Gasteiger partial charge in [-0.25, -0.2) is 0 Å². The van der Waals surface area contributed by atoms with Crippen LogP contribution in [0.2, 0.25) is 0 Å². The number of benzene rings is 1. The zero-order valence-electron chi connectivity index (χ0n) is 15.9. The lowest BCUT2D eigenvalue weighted by molar-refractivity contribution is -0.136. The van der Waals surface area contributed by atoms with E-state index in [2.05, 4.69) is 39.5 Å². The summed E-state index contributed by atoms with van der Waals surface area (Å²) in [5, 5.41) is 3.40. The number of hydrogen-bond donors (Lipinski definition) is 1. The van der Waals surface area contributed by atoms with E-state index in [-0.39, 0.29) is 6.04 Å². The number of aryl methyl sites for hydroxylation is 1. The lowest BCUT2D eigenvalue weighted by Crippen LogP contribution is -2.38. The first kappa shape index (κ1) is 18.2. The molecule has 0 spiro atoms. The highest BCUT2D eigenvalue weighted by Crippen LogP contribution is 2.36. The molecule has 1 atom stereocenters. The number of pyridine rings is 1. The van der Waals surface area contributed by atoms with Gasteiger partial charge in [0.15, 0.2) is 0 Å². The topological polar surface area (TPSA) is 45.2 Å². The Balaban J connectivity index is 1.59. The zero-order valence-corrected chi connectivity index (χ0v) is 15.9. The molecule has 27 heavy (non-hydrogen) atoms. The van der Waals surface area contributed by atoms with Crippen molar-refractivity contribution in [1.82, 2.24) is 15.2 Å². The molecule has 0 bridgehead atoms. The van der Waals surface area contributed by atoms with Crippen LogP contribution < -0.4 is 5.32 Å². The minimum atomic E-state index is 0.192. The van der Waals surface area contributed by atoms with Crippen molar-refractivity contribution < 1.29 is 4.79 Å². The van der Waals surface area contributed by atoms with Crippen molar-refractivity contribution in [2.45, 2.75) is 51.1 Å². The van der Waals surface area contributed by atoms with Gasteiger partial charge in [0.05, 0.1) is 6.04 Å². The molecule has 1 aromatic heterocycles. The Kier molecular flexibility index (Phi) is 5.83. The highest BCUT2D eigenvalue weighted by atomic mass is 16.2. The Hall–Kier alpha value is -2.20. The van der Waals surface area contributed by atoms with Crippen molar-refractivity contribution in [1.29, 1.82) is 0 Å². The van der Waals surface area contributed by atoms with Crippen molar-refractivity contribution in [2.75, 3.05) is 13.1 Å². The maximum absolute atomic E-state index is 13.4. The molecule has 2 aliphatic rings. The van der Waals surface area contributed by atoms with E-state index in [1.165, 1.54) is 11.1 Å². The van der Waals surface area contributed by atoms with Gasteiger partial charge in [-0.05, 0) is 79.9 Å². The summed E-state index contributed by atoms with van der Waals surface area (Å²) in [6.45, 7) is 2.74. The van der Waals surface area contributed by atoms with E-state index in [0.29, 0.717) is 24.8 Å². The number of hydrogen-bond acceptors (Lipinski definition) is 3. The number of rotatable bonds is 5. The van der Waals surface area contributed by atoms with Gasteiger partial charge in [-0.2, -0.15) is 0 Å². The number of aromatic nitrogens is 1. The molecule has 142 valence electrons. The minimum Gasteiger partial charge on any atom is -0.331 e. The molecule has 4 heteroatoms. The molecule has 4 nitrogen and oxygen atoms in total. The van der Waals surface area contributed by atoms with Crippen LogP contribution in [0, 0.1) is 5.92 Å². The zero-order chi connectivity index (χ0) is 18.5. The summed E-state index contributed by atoms with van der Waals surface area (Å²) in [4.78, 5) is 19.7. The number of carbonyl (C=O) groups is 1. The Morgan fingerprint density at radius 3 is 2.67 bits per heavy atom. The molecule has 1 aliphatic heterocycles. The van der Waals surface area contributed by atoms with Crippen molar-refractivity contribution >= 4 is 5.91 Å². The number of amides is 1. The van der Waals surface area contributed by atoms with E-state index < -0.39 is 0 Å². The Morgan fingerprint density at radius 1 is 1.07 bits per heavy atom. The molecule has 0 unspecified atom stereocenters. The maximum atomic E-state index is 13.4. The van der Waals surface area contributed by atoms with E-state index in [4.69, 9.17) is 0 Å². The predicted molar refractivity (Wildman–Crippen MR) is 107 cm³/mol. The van der Waals surface area contributed by atoms with Crippen molar-refractivity contribution in [3.63, 3.8) is 0 Å². The third-order valence-corrected chi connectivity index (χ3v) is 6.06. The summed E-state index contributed by atoms with van der Waals surface area (Å²) in [5.74, 6) is 0.818. The standard InChI is InChI=1S/C23H29N3O/c27-23(16-18-8-12-24-13-9-18)26(17-19-10-14-25-15-11-19)22-7-3-5-20-4-1-2-6-21(20)22/h1-2,4,6,10-11,14-15,18,22,24H,3,5,7-9,12-13,16-17H2/t22-/m0/s1. The van der Waals surface area contributed by atoms with Crippen molar-refractivity contribution in [3.8, 4) is 0 Å². The molecule has 2 heterocycles. The van der Waals surface area contributed by atoms with Crippen molar-refractivity contribution in [2.24, 2.45) is 5.92 Å². The number of nitrogens with zero attached hydrogens (tertiary/aromatic N) is 2. The van der Waals surface area contributed by atoms with Gasteiger partial charge in [-0.3, -0.25) is 9.78 Å². The van der Waals surface area contributed by atoms with E-state index in [9.17, 15) is 4.79 Å². The van der Waals surface area contributed by atoms with Gasteiger partial charge in [0.2, 0.25) is 5.91 Å². The Labute approximate surface area is 162 Å². The van der Waals surface area contributed by atoms with Crippen LogP contribution in [0.3, 0.4) is 0 Å². The highest BCUT2D eigenvalue weighted by Gasteiger charge is 2.30. The van der Waals surface area contributed by atoms with E-state index in [1.807, 2.05) is 24.5 Å².